The number of rotatable bonds is 7. The molecule has 0 radical (unpaired) electrons. The van der Waals surface area contributed by atoms with Crippen molar-refractivity contribution >= 4 is 40.9 Å². The summed E-state index contributed by atoms with van der Waals surface area (Å²) in [6.45, 7) is 4.85. The monoisotopic (exact) mass is 559 g/mol. The zero-order chi connectivity index (χ0) is 28.5. The van der Waals surface area contributed by atoms with Crippen molar-refractivity contribution in [1.82, 2.24) is 20.2 Å². The average Bonchev–Trinajstić information content (AvgIpc) is 3.72. The Bertz CT molecular complexity index is 1310. The lowest BCUT2D eigenvalue weighted by Gasteiger charge is -2.32. The van der Waals surface area contributed by atoms with Gasteiger partial charge in [-0.15, -0.1) is 0 Å². The third-order valence-corrected chi connectivity index (χ3v) is 9.23. The van der Waals surface area contributed by atoms with Crippen LogP contribution in [0.4, 0.5) is 23.1 Å². The van der Waals surface area contributed by atoms with E-state index >= 15 is 0 Å². The van der Waals surface area contributed by atoms with Crippen LogP contribution in [-0.4, -0.2) is 71.9 Å². The van der Waals surface area contributed by atoms with E-state index < -0.39 is 0 Å². The van der Waals surface area contributed by atoms with Crippen LogP contribution in [0.25, 0.3) is 0 Å². The Morgan fingerprint density at radius 2 is 1.78 bits per heavy atom. The van der Waals surface area contributed by atoms with Gasteiger partial charge in [0.05, 0.1) is 6.20 Å². The van der Waals surface area contributed by atoms with Crippen LogP contribution in [0, 0.1) is 18.8 Å². The molecule has 2 N–H and O–H groups in total. The molecule has 2 aliphatic carbocycles. The predicted octanol–water partition coefficient (Wildman–Crippen LogP) is 4.02. The molecule has 0 atom stereocenters. The molecule has 10 heteroatoms. The summed E-state index contributed by atoms with van der Waals surface area (Å²) in [5.41, 5.74) is 3.11. The number of likely N-dealkylation sites (tertiary alicyclic amines) is 1. The van der Waals surface area contributed by atoms with Crippen LogP contribution in [0.2, 0.25) is 0 Å². The van der Waals surface area contributed by atoms with E-state index in [1.165, 1.54) is 12.8 Å². The molecule has 1 saturated heterocycles. The van der Waals surface area contributed by atoms with E-state index in [-0.39, 0.29) is 17.7 Å². The lowest BCUT2D eigenvalue weighted by molar-refractivity contribution is -0.133. The SMILES string of the molecule is Cc1cc(C(=O)NCC2CCN(C(=O)C3CC3)CC2)ccc1Nc1ncc2c(n1)N(C1CCCC1)CCC(=O)N2C. The van der Waals surface area contributed by atoms with Crippen molar-refractivity contribution < 1.29 is 14.4 Å². The molecular weight excluding hydrogens is 518 g/mol. The maximum atomic E-state index is 12.9. The minimum absolute atomic E-state index is 0.0786. The largest absolute Gasteiger partial charge is 0.352 e. The summed E-state index contributed by atoms with van der Waals surface area (Å²) in [5, 5.41) is 6.44. The number of hydrogen-bond donors (Lipinski definition) is 2. The second-order valence-electron chi connectivity index (χ2n) is 12.1. The number of hydrogen-bond acceptors (Lipinski definition) is 7. The van der Waals surface area contributed by atoms with Gasteiger partial charge in [0.25, 0.3) is 5.91 Å². The molecule has 4 aliphatic rings. The topological polar surface area (TPSA) is 111 Å². The number of carbonyl (C=O) groups excluding carboxylic acids is 3. The number of aryl methyl sites for hydroxylation is 1. The van der Waals surface area contributed by atoms with Gasteiger partial charge in [0.2, 0.25) is 17.8 Å². The highest BCUT2D eigenvalue weighted by molar-refractivity contribution is 5.97. The summed E-state index contributed by atoms with van der Waals surface area (Å²) in [5.74, 6) is 2.26. The fourth-order valence-corrected chi connectivity index (χ4v) is 6.42. The molecule has 218 valence electrons. The normalized spacial score (nSPS) is 20.1. The van der Waals surface area contributed by atoms with Gasteiger partial charge in [-0.3, -0.25) is 14.4 Å². The third-order valence-electron chi connectivity index (χ3n) is 9.23. The molecule has 1 aromatic heterocycles. The average molecular weight is 560 g/mol. The van der Waals surface area contributed by atoms with Gasteiger partial charge in [-0.2, -0.15) is 4.98 Å². The smallest absolute Gasteiger partial charge is 0.251 e. The highest BCUT2D eigenvalue weighted by Crippen LogP contribution is 2.36. The highest BCUT2D eigenvalue weighted by atomic mass is 16.2. The van der Waals surface area contributed by atoms with Crippen molar-refractivity contribution in [3.05, 3.63) is 35.5 Å². The van der Waals surface area contributed by atoms with Gasteiger partial charge in [0, 0.05) is 62.9 Å². The Balaban J connectivity index is 1.08. The molecule has 6 rings (SSSR count). The summed E-state index contributed by atoms with van der Waals surface area (Å²) in [4.78, 5) is 53.3. The summed E-state index contributed by atoms with van der Waals surface area (Å²) in [7, 11) is 1.79. The molecule has 2 aliphatic heterocycles. The zero-order valence-electron chi connectivity index (χ0n) is 24.2. The molecule has 1 aromatic carbocycles. The number of carbonyl (C=O) groups is 3. The molecular formula is C31H41N7O3. The number of anilines is 4. The fraction of sp³-hybridized carbons (Fsp3) is 0.581. The third kappa shape index (κ3) is 6.01. The number of aromatic nitrogens is 2. The van der Waals surface area contributed by atoms with Crippen molar-refractivity contribution in [2.24, 2.45) is 11.8 Å². The Morgan fingerprint density at radius 1 is 1.02 bits per heavy atom. The highest BCUT2D eigenvalue weighted by Gasteiger charge is 2.35. The van der Waals surface area contributed by atoms with E-state index in [0.717, 1.165) is 74.4 Å². The Labute approximate surface area is 241 Å². The summed E-state index contributed by atoms with van der Waals surface area (Å²) < 4.78 is 0. The molecule has 0 bridgehead atoms. The van der Waals surface area contributed by atoms with E-state index in [4.69, 9.17) is 4.98 Å². The minimum atomic E-state index is -0.0858. The van der Waals surface area contributed by atoms with Crippen molar-refractivity contribution in [2.75, 3.05) is 48.3 Å². The van der Waals surface area contributed by atoms with Gasteiger partial charge in [0.15, 0.2) is 5.82 Å². The minimum Gasteiger partial charge on any atom is -0.352 e. The van der Waals surface area contributed by atoms with E-state index in [1.54, 1.807) is 18.1 Å². The van der Waals surface area contributed by atoms with Gasteiger partial charge in [-0.25, -0.2) is 4.98 Å². The van der Waals surface area contributed by atoms with Gasteiger partial charge in [0.1, 0.15) is 5.69 Å². The Hall–Kier alpha value is -3.69. The number of benzene rings is 1. The summed E-state index contributed by atoms with van der Waals surface area (Å²) in [6, 6.07) is 6.00. The van der Waals surface area contributed by atoms with Crippen LogP contribution >= 0.6 is 0 Å². The molecule has 2 saturated carbocycles. The standard InChI is InChI=1S/C31H41N7O3/c1-20-17-23(29(40)32-18-21-11-14-37(15-12-21)30(41)22-7-8-22)9-10-25(20)34-31-33-19-26-28(35-31)38(24-5-3-4-6-24)16-13-27(39)36(26)2/h9-10,17,19,21-22,24H,3-8,11-16,18H2,1-2H3,(H,32,40)(H,33,34,35). The summed E-state index contributed by atoms with van der Waals surface area (Å²) >= 11 is 0. The first kappa shape index (κ1) is 27.5. The second kappa shape index (κ2) is 11.7. The van der Waals surface area contributed by atoms with Crippen LogP contribution in [0.5, 0.6) is 0 Å². The molecule has 41 heavy (non-hydrogen) atoms. The van der Waals surface area contributed by atoms with E-state index in [1.807, 2.05) is 30.0 Å². The van der Waals surface area contributed by atoms with Crippen LogP contribution < -0.4 is 20.4 Å². The number of piperidine rings is 1. The Kier molecular flexibility index (Phi) is 7.81. The van der Waals surface area contributed by atoms with Crippen LogP contribution in [0.15, 0.2) is 24.4 Å². The van der Waals surface area contributed by atoms with Crippen LogP contribution in [0.1, 0.15) is 73.7 Å². The molecule has 0 spiro atoms. The zero-order valence-corrected chi connectivity index (χ0v) is 24.2. The van der Waals surface area contributed by atoms with E-state index in [2.05, 4.69) is 20.5 Å². The molecule has 3 amide bonds. The first-order chi connectivity index (χ1) is 19.9. The van der Waals surface area contributed by atoms with Gasteiger partial charge >= 0.3 is 0 Å². The van der Waals surface area contributed by atoms with Crippen molar-refractivity contribution in [3.63, 3.8) is 0 Å². The molecule has 0 unspecified atom stereocenters. The lowest BCUT2D eigenvalue weighted by atomic mass is 9.96. The van der Waals surface area contributed by atoms with Gasteiger partial charge < -0.3 is 25.3 Å². The van der Waals surface area contributed by atoms with E-state index in [9.17, 15) is 14.4 Å². The first-order valence-corrected chi connectivity index (χ1v) is 15.2. The maximum absolute atomic E-state index is 12.9. The number of nitrogens with zero attached hydrogens (tertiary/aromatic N) is 5. The number of amides is 3. The molecule has 10 nitrogen and oxygen atoms in total. The second-order valence-corrected chi connectivity index (χ2v) is 12.1. The van der Waals surface area contributed by atoms with Crippen LogP contribution in [0.3, 0.4) is 0 Å². The summed E-state index contributed by atoms with van der Waals surface area (Å²) in [6.07, 6.45) is 10.8. The quantitative estimate of drug-likeness (QED) is 0.527. The molecule has 2 aromatic rings. The lowest BCUT2D eigenvalue weighted by Crippen LogP contribution is -2.42. The van der Waals surface area contributed by atoms with Crippen molar-refractivity contribution in [1.29, 1.82) is 0 Å². The van der Waals surface area contributed by atoms with Crippen molar-refractivity contribution in [3.8, 4) is 0 Å². The predicted molar refractivity (Wildman–Crippen MR) is 158 cm³/mol. The van der Waals surface area contributed by atoms with Crippen molar-refractivity contribution in [2.45, 2.75) is 70.8 Å². The number of fused-ring (bicyclic) bond motifs is 1. The maximum Gasteiger partial charge on any atom is 0.251 e. The van der Waals surface area contributed by atoms with Gasteiger partial charge in [-0.05, 0) is 75.1 Å². The van der Waals surface area contributed by atoms with Gasteiger partial charge in [-0.1, -0.05) is 12.8 Å². The number of nitrogens with one attached hydrogen (secondary N) is 2. The van der Waals surface area contributed by atoms with Crippen LogP contribution in [-0.2, 0) is 9.59 Å². The fourth-order valence-electron chi connectivity index (χ4n) is 6.42. The first-order valence-electron chi connectivity index (χ1n) is 15.2. The molecule has 3 heterocycles. The van der Waals surface area contributed by atoms with E-state index in [0.29, 0.717) is 48.9 Å². The Morgan fingerprint density at radius 3 is 2.49 bits per heavy atom. The molecule has 3 fully saturated rings.